The van der Waals surface area contributed by atoms with Gasteiger partial charge in [-0.15, -0.1) is 0 Å². The molecule has 0 bridgehead atoms. The fraction of sp³-hybridized carbons (Fsp3) is 0.0833. The molecule has 0 unspecified atom stereocenters. The normalized spacial score (nSPS) is 14.4. The van der Waals surface area contributed by atoms with Crippen LogP contribution in [0.15, 0.2) is 29.8 Å². The number of hydrogen-bond acceptors (Lipinski definition) is 3. The maximum absolute atomic E-state index is 11.7. The summed E-state index contributed by atoms with van der Waals surface area (Å²) < 4.78 is 0. The third kappa shape index (κ3) is 1.44. The number of carboxylic acids is 1. The van der Waals surface area contributed by atoms with Crippen LogP contribution in [0.2, 0.25) is 0 Å². The Hall–Kier alpha value is -2.23. The van der Waals surface area contributed by atoms with Crippen molar-refractivity contribution in [2.24, 2.45) is 0 Å². The van der Waals surface area contributed by atoms with Crippen molar-refractivity contribution in [3.8, 4) is 0 Å². The van der Waals surface area contributed by atoms with Crippen LogP contribution in [-0.2, 0) is 0 Å². The first-order chi connectivity index (χ1) is 7.50. The standard InChI is InChI=1S/C12H8O4/c1-6-4-10(13)9-5-7(12(15)16)2-3-8(9)11(6)14/h2-5H,1H3,(H,15,16). The highest BCUT2D eigenvalue weighted by Gasteiger charge is 2.23. The van der Waals surface area contributed by atoms with E-state index in [1.165, 1.54) is 24.3 Å². The molecule has 0 fully saturated rings. The highest BCUT2D eigenvalue weighted by molar-refractivity contribution is 6.24. The van der Waals surface area contributed by atoms with Gasteiger partial charge in [-0.2, -0.15) is 0 Å². The smallest absolute Gasteiger partial charge is 0.335 e. The summed E-state index contributed by atoms with van der Waals surface area (Å²) >= 11 is 0. The summed E-state index contributed by atoms with van der Waals surface area (Å²) in [5.74, 6) is -1.67. The van der Waals surface area contributed by atoms with Crippen LogP contribution in [0.4, 0.5) is 0 Å². The molecule has 0 spiro atoms. The SMILES string of the molecule is CC1=CC(=O)c2cc(C(=O)O)ccc2C1=O. The van der Waals surface area contributed by atoms with Crippen molar-refractivity contribution in [3.05, 3.63) is 46.5 Å². The van der Waals surface area contributed by atoms with Gasteiger partial charge in [0.2, 0.25) is 0 Å². The first-order valence-corrected chi connectivity index (χ1v) is 4.65. The van der Waals surface area contributed by atoms with Crippen LogP contribution >= 0.6 is 0 Å². The highest BCUT2D eigenvalue weighted by Crippen LogP contribution is 2.22. The van der Waals surface area contributed by atoms with Crippen molar-refractivity contribution in [2.75, 3.05) is 0 Å². The molecular weight excluding hydrogens is 208 g/mol. The van der Waals surface area contributed by atoms with E-state index in [0.29, 0.717) is 5.57 Å². The molecule has 0 saturated heterocycles. The van der Waals surface area contributed by atoms with Gasteiger partial charge in [-0.1, -0.05) is 0 Å². The number of rotatable bonds is 1. The van der Waals surface area contributed by atoms with E-state index in [-0.39, 0.29) is 28.3 Å². The monoisotopic (exact) mass is 216 g/mol. The maximum atomic E-state index is 11.7. The molecule has 2 rings (SSSR count). The van der Waals surface area contributed by atoms with Gasteiger partial charge < -0.3 is 5.11 Å². The molecule has 0 radical (unpaired) electrons. The van der Waals surface area contributed by atoms with Crippen molar-refractivity contribution in [1.82, 2.24) is 0 Å². The fourth-order valence-electron chi connectivity index (χ4n) is 1.63. The first-order valence-electron chi connectivity index (χ1n) is 4.65. The molecule has 0 saturated carbocycles. The van der Waals surface area contributed by atoms with Crippen molar-refractivity contribution >= 4 is 17.5 Å². The molecule has 0 atom stereocenters. The number of fused-ring (bicyclic) bond motifs is 1. The lowest BCUT2D eigenvalue weighted by Gasteiger charge is -2.12. The van der Waals surface area contributed by atoms with E-state index in [0.717, 1.165) is 0 Å². The quantitative estimate of drug-likeness (QED) is 0.775. The zero-order chi connectivity index (χ0) is 11.9. The minimum absolute atomic E-state index is 0.00727. The minimum Gasteiger partial charge on any atom is -0.478 e. The zero-order valence-electron chi connectivity index (χ0n) is 8.48. The van der Waals surface area contributed by atoms with E-state index in [1.807, 2.05) is 0 Å². The van der Waals surface area contributed by atoms with Gasteiger partial charge >= 0.3 is 5.97 Å². The number of ketones is 2. The van der Waals surface area contributed by atoms with E-state index in [1.54, 1.807) is 6.92 Å². The molecule has 4 heteroatoms. The van der Waals surface area contributed by atoms with Crippen LogP contribution in [0.3, 0.4) is 0 Å². The topological polar surface area (TPSA) is 71.4 Å². The van der Waals surface area contributed by atoms with Crippen LogP contribution < -0.4 is 0 Å². The average molecular weight is 216 g/mol. The van der Waals surface area contributed by atoms with Crippen molar-refractivity contribution in [3.63, 3.8) is 0 Å². The molecule has 4 nitrogen and oxygen atoms in total. The summed E-state index contributed by atoms with van der Waals surface area (Å²) in [5, 5.41) is 8.78. The van der Waals surface area contributed by atoms with E-state index in [2.05, 4.69) is 0 Å². The Morgan fingerprint density at radius 3 is 2.50 bits per heavy atom. The Labute approximate surface area is 91.2 Å². The van der Waals surface area contributed by atoms with Crippen molar-refractivity contribution in [2.45, 2.75) is 6.92 Å². The molecule has 0 aromatic heterocycles. The second-order valence-electron chi connectivity index (χ2n) is 3.59. The van der Waals surface area contributed by atoms with Gasteiger partial charge in [0.15, 0.2) is 11.6 Å². The number of Topliss-reactive ketones (excluding diaryl/α,β-unsaturated/α-hetero) is 1. The Morgan fingerprint density at radius 1 is 1.19 bits per heavy atom. The predicted octanol–water partition coefficient (Wildman–Crippen LogP) is 1.71. The molecule has 1 N–H and O–H groups in total. The highest BCUT2D eigenvalue weighted by atomic mass is 16.4. The number of carbonyl (C=O) groups excluding carboxylic acids is 2. The van der Waals surface area contributed by atoms with E-state index in [9.17, 15) is 14.4 Å². The van der Waals surface area contributed by atoms with E-state index in [4.69, 9.17) is 5.11 Å². The van der Waals surface area contributed by atoms with Crippen LogP contribution in [0.1, 0.15) is 38.0 Å². The summed E-state index contributed by atoms with van der Waals surface area (Å²) in [7, 11) is 0. The molecule has 0 amide bonds. The summed E-state index contributed by atoms with van der Waals surface area (Å²) in [4.78, 5) is 34.0. The largest absolute Gasteiger partial charge is 0.478 e. The van der Waals surface area contributed by atoms with Gasteiger partial charge in [0, 0.05) is 16.7 Å². The average Bonchev–Trinajstić information content (AvgIpc) is 2.25. The Morgan fingerprint density at radius 2 is 1.88 bits per heavy atom. The lowest BCUT2D eigenvalue weighted by Crippen LogP contribution is -2.16. The van der Waals surface area contributed by atoms with E-state index < -0.39 is 5.97 Å². The number of aromatic carboxylic acids is 1. The maximum Gasteiger partial charge on any atom is 0.335 e. The number of hydrogen-bond donors (Lipinski definition) is 1. The molecule has 0 aliphatic heterocycles. The van der Waals surface area contributed by atoms with Gasteiger partial charge in [-0.3, -0.25) is 9.59 Å². The molecule has 0 heterocycles. The minimum atomic E-state index is -1.12. The van der Waals surface area contributed by atoms with Gasteiger partial charge in [0.1, 0.15) is 0 Å². The molecule has 1 aliphatic rings. The second-order valence-corrected chi connectivity index (χ2v) is 3.59. The Balaban J connectivity index is 2.64. The molecule has 1 aromatic carbocycles. The number of benzene rings is 1. The van der Waals surface area contributed by atoms with Crippen LogP contribution in [-0.4, -0.2) is 22.6 Å². The Kier molecular flexibility index (Phi) is 2.20. The molecule has 80 valence electrons. The van der Waals surface area contributed by atoms with Gasteiger partial charge in [-0.25, -0.2) is 4.79 Å². The van der Waals surface area contributed by atoms with Crippen LogP contribution in [0.25, 0.3) is 0 Å². The van der Waals surface area contributed by atoms with Gasteiger partial charge in [0.25, 0.3) is 0 Å². The number of carbonyl (C=O) groups is 3. The summed E-state index contributed by atoms with van der Waals surface area (Å²) in [6.45, 7) is 1.56. The molecule has 1 aromatic rings. The molecule has 16 heavy (non-hydrogen) atoms. The summed E-state index contributed by atoms with van der Waals surface area (Å²) in [6.07, 6.45) is 1.23. The van der Waals surface area contributed by atoms with Gasteiger partial charge in [-0.05, 0) is 31.2 Å². The number of allylic oxidation sites excluding steroid dienone is 2. The molecular formula is C12H8O4. The lowest BCUT2D eigenvalue weighted by atomic mass is 9.89. The third-order valence-electron chi connectivity index (χ3n) is 2.48. The third-order valence-corrected chi connectivity index (χ3v) is 2.48. The Bertz CT molecular complexity index is 552. The van der Waals surface area contributed by atoms with Crippen molar-refractivity contribution < 1.29 is 19.5 Å². The zero-order valence-corrected chi connectivity index (χ0v) is 8.48. The van der Waals surface area contributed by atoms with Crippen LogP contribution in [0.5, 0.6) is 0 Å². The first kappa shape index (κ1) is 10.3. The van der Waals surface area contributed by atoms with Gasteiger partial charge in [0.05, 0.1) is 5.56 Å². The van der Waals surface area contributed by atoms with Crippen LogP contribution in [0, 0.1) is 0 Å². The second kappa shape index (κ2) is 3.41. The van der Waals surface area contributed by atoms with Crippen molar-refractivity contribution in [1.29, 1.82) is 0 Å². The number of carboxylic acid groups (broad SMARTS) is 1. The van der Waals surface area contributed by atoms with E-state index >= 15 is 0 Å². The predicted molar refractivity (Wildman–Crippen MR) is 55.8 cm³/mol. The summed E-state index contributed by atoms with van der Waals surface area (Å²) in [6, 6.07) is 3.95. The lowest BCUT2D eigenvalue weighted by molar-refractivity contribution is 0.0696. The fourth-order valence-corrected chi connectivity index (χ4v) is 1.63. The molecule has 1 aliphatic carbocycles. The summed E-state index contributed by atoms with van der Waals surface area (Å²) in [5.41, 5.74) is 0.818.